The van der Waals surface area contributed by atoms with E-state index in [-0.39, 0.29) is 17.6 Å². The number of anilines is 1. The summed E-state index contributed by atoms with van der Waals surface area (Å²) in [5.41, 5.74) is 3.65. The average Bonchev–Trinajstić information content (AvgIpc) is 3.20. The first-order chi connectivity index (χ1) is 13.4. The van der Waals surface area contributed by atoms with Crippen LogP contribution in [0.5, 0.6) is 0 Å². The Hall–Kier alpha value is -2.37. The number of aryl methyl sites for hydroxylation is 3. The van der Waals surface area contributed by atoms with Crippen molar-refractivity contribution < 1.29 is 14.3 Å². The SMILES string of the molecule is CCOC(=O)c1c(NC(=O)CSc2nc(C)cc(C)c2C#N)sc2c1CCC2. The number of thioether (sulfide) groups is 1. The first-order valence-electron chi connectivity index (χ1n) is 9.07. The molecular weight excluding hydrogens is 394 g/mol. The van der Waals surface area contributed by atoms with Crippen LogP contribution in [0.2, 0.25) is 0 Å². The van der Waals surface area contributed by atoms with Crippen molar-refractivity contribution in [3.8, 4) is 6.07 Å². The van der Waals surface area contributed by atoms with E-state index in [2.05, 4.69) is 16.4 Å². The number of hydrogen-bond acceptors (Lipinski definition) is 7. The number of fused-ring (bicyclic) bond motifs is 1. The fourth-order valence-electron chi connectivity index (χ4n) is 3.25. The monoisotopic (exact) mass is 415 g/mol. The molecule has 146 valence electrons. The quantitative estimate of drug-likeness (QED) is 0.566. The first kappa shape index (κ1) is 20.4. The van der Waals surface area contributed by atoms with Crippen molar-refractivity contribution in [2.24, 2.45) is 0 Å². The smallest absolute Gasteiger partial charge is 0.341 e. The van der Waals surface area contributed by atoms with E-state index in [1.807, 2.05) is 19.9 Å². The van der Waals surface area contributed by atoms with Crippen molar-refractivity contribution >= 4 is 40.0 Å². The number of nitrogens with one attached hydrogen (secondary N) is 1. The number of nitriles is 1. The summed E-state index contributed by atoms with van der Waals surface area (Å²) < 4.78 is 5.18. The number of ether oxygens (including phenoxy) is 1. The fraction of sp³-hybridized carbons (Fsp3) is 0.400. The minimum atomic E-state index is -0.382. The number of carbonyl (C=O) groups is 2. The van der Waals surface area contributed by atoms with Gasteiger partial charge in [-0.15, -0.1) is 11.3 Å². The number of rotatable bonds is 6. The van der Waals surface area contributed by atoms with Gasteiger partial charge in [-0.05, 0) is 57.2 Å². The zero-order valence-electron chi connectivity index (χ0n) is 16.0. The minimum absolute atomic E-state index is 0.107. The molecule has 0 aliphatic heterocycles. The van der Waals surface area contributed by atoms with Crippen molar-refractivity contribution in [1.82, 2.24) is 4.98 Å². The molecule has 0 fully saturated rings. The maximum Gasteiger partial charge on any atom is 0.341 e. The Morgan fingerprint density at radius 3 is 2.89 bits per heavy atom. The van der Waals surface area contributed by atoms with Crippen LogP contribution in [0.25, 0.3) is 0 Å². The van der Waals surface area contributed by atoms with Crippen molar-refractivity contribution in [2.45, 2.75) is 45.1 Å². The second kappa shape index (κ2) is 8.76. The van der Waals surface area contributed by atoms with Gasteiger partial charge in [-0.2, -0.15) is 5.26 Å². The van der Waals surface area contributed by atoms with Gasteiger partial charge in [0.2, 0.25) is 5.91 Å². The Morgan fingerprint density at radius 2 is 2.18 bits per heavy atom. The lowest BCUT2D eigenvalue weighted by Crippen LogP contribution is -2.17. The Morgan fingerprint density at radius 1 is 1.39 bits per heavy atom. The summed E-state index contributed by atoms with van der Waals surface area (Å²) in [6, 6.07) is 4.00. The number of nitrogens with zero attached hydrogens (tertiary/aromatic N) is 2. The summed E-state index contributed by atoms with van der Waals surface area (Å²) in [7, 11) is 0. The summed E-state index contributed by atoms with van der Waals surface area (Å²) in [6.07, 6.45) is 2.78. The Labute approximate surface area is 172 Å². The van der Waals surface area contributed by atoms with Crippen molar-refractivity contribution in [1.29, 1.82) is 5.26 Å². The second-order valence-electron chi connectivity index (χ2n) is 6.49. The summed E-state index contributed by atoms with van der Waals surface area (Å²) in [4.78, 5) is 30.4. The normalized spacial score (nSPS) is 12.4. The number of pyridine rings is 1. The van der Waals surface area contributed by atoms with Crippen LogP contribution in [0, 0.1) is 25.2 Å². The molecule has 1 aliphatic carbocycles. The molecule has 0 saturated carbocycles. The van der Waals surface area contributed by atoms with Gasteiger partial charge in [-0.25, -0.2) is 9.78 Å². The first-order valence-corrected chi connectivity index (χ1v) is 10.9. The lowest BCUT2D eigenvalue weighted by atomic mass is 10.1. The van der Waals surface area contributed by atoms with Crippen LogP contribution in [-0.4, -0.2) is 29.2 Å². The third kappa shape index (κ3) is 4.21. The summed E-state index contributed by atoms with van der Waals surface area (Å²) in [6.45, 7) is 5.78. The summed E-state index contributed by atoms with van der Waals surface area (Å²) in [5, 5.41) is 13.3. The van der Waals surface area contributed by atoms with Gasteiger partial charge in [-0.3, -0.25) is 4.79 Å². The Balaban J connectivity index is 1.75. The van der Waals surface area contributed by atoms with E-state index in [9.17, 15) is 14.9 Å². The van der Waals surface area contributed by atoms with Gasteiger partial charge in [0.05, 0.1) is 23.5 Å². The molecule has 6 nitrogen and oxygen atoms in total. The van der Waals surface area contributed by atoms with Crippen LogP contribution in [0.3, 0.4) is 0 Å². The summed E-state index contributed by atoms with van der Waals surface area (Å²) in [5.74, 6) is -0.511. The van der Waals surface area contributed by atoms with E-state index in [1.54, 1.807) is 6.92 Å². The number of esters is 1. The highest BCUT2D eigenvalue weighted by Crippen LogP contribution is 2.39. The van der Waals surface area contributed by atoms with E-state index in [0.717, 1.165) is 41.0 Å². The standard InChI is InChI=1S/C20H21N3O3S2/c1-4-26-20(25)17-13-6-5-7-15(13)28-19(17)23-16(24)10-27-18-14(9-21)11(2)8-12(3)22-18/h8H,4-7,10H2,1-3H3,(H,23,24). The largest absolute Gasteiger partial charge is 0.462 e. The van der Waals surface area contributed by atoms with Gasteiger partial charge in [0.15, 0.2) is 0 Å². The molecule has 0 unspecified atom stereocenters. The third-order valence-corrected chi connectivity index (χ3v) is 6.60. The Bertz CT molecular complexity index is 976. The van der Waals surface area contributed by atoms with Crippen LogP contribution in [0.1, 0.15) is 51.0 Å². The summed E-state index contributed by atoms with van der Waals surface area (Å²) >= 11 is 2.68. The molecule has 3 rings (SSSR count). The molecule has 2 aromatic rings. The van der Waals surface area contributed by atoms with Gasteiger partial charge in [0.25, 0.3) is 0 Å². The van der Waals surface area contributed by atoms with Gasteiger partial charge in [-0.1, -0.05) is 11.8 Å². The van der Waals surface area contributed by atoms with E-state index in [0.29, 0.717) is 27.8 Å². The molecule has 1 aliphatic rings. The number of hydrogen-bond donors (Lipinski definition) is 1. The van der Waals surface area contributed by atoms with Gasteiger partial charge in [0.1, 0.15) is 16.1 Å². The van der Waals surface area contributed by atoms with Crippen LogP contribution in [0.15, 0.2) is 11.1 Å². The van der Waals surface area contributed by atoms with Crippen molar-refractivity contribution in [3.05, 3.63) is 38.9 Å². The van der Waals surface area contributed by atoms with Crippen molar-refractivity contribution in [2.75, 3.05) is 17.7 Å². The zero-order valence-corrected chi connectivity index (χ0v) is 17.7. The topological polar surface area (TPSA) is 92.1 Å². The highest BCUT2D eigenvalue weighted by molar-refractivity contribution is 8.00. The zero-order chi connectivity index (χ0) is 20.3. The molecule has 28 heavy (non-hydrogen) atoms. The Kier molecular flexibility index (Phi) is 6.37. The van der Waals surface area contributed by atoms with Gasteiger partial charge < -0.3 is 10.1 Å². The van der Waals surface area contributed by atoms with Crippen LogP contribution in [-0.2, 0) is 22.4 Å². The average molecular weight is 416 g/mol. The number of amides is 1. The van der Waals surface area contributed by atoms with E-state index in [1.165, 1.54) is 23.1 Å². The molecule has 0 aromatic carbocycles. The maximum absolute atomic E-state index is 12.5. The predicted octanol–water partition coefficient (Wildman–Crippen LogP) is 4.03. The maximum atomic E-state index is 12.5. The highest BCUT2D eigenvalue weighted by atomic mass is 32.2. The molecule has 2 aromatic heterocycles. The molecular formula is C20H21N3O3S2. The highest BCUT2D eigenvalue weighted by Gasteiger charge is 2.28. The molecule has 0 bridgehead atoms. The van der Waals surface area contributed by atoms with Crippen molar-refractivity contribution in [3.63, 3.8) is 0 Å². The predicted molar refractivity (Wildman–Crippen MR) is 110 cm³/mol. The van der Waals surface area contributed by atoms with Crippen LogP contribution in [0.4, 0.5) is 5.00 Å². The number of carbonyl (C=O) groups excluding carboxylic acids is 2. The molecule has 0 saturated heterocycles. The second-order valence-corrected chi connectivity index (χ2v) is 8.56. The lowest BCUT2D eigenvalue weighted by molar-refractivity contribution is -0.113. The van der Waals surface area contributed by atoms with Gasteiger partial charge in [0, 0.05) is 10.6 Å². The molecule has 2 heterocycles. The van der Waals surface area contributed by atoms with Crippen LogP contribution >= 0.6 is 23.1 Å². The molecule has 1 N–H and O–H groups in total. The molecule has 8 heteroatoms. The third-order valence-electron chi connectivity index (χ3n) is 4.42. The fourth-order valence-corrected chi connectivity index (χ4v) is 5.44. The molecule has 0 atom stereocenters. The van der Waals surface area contributed by atoms with Gasteiger partial charge >= 0.3 is 5.97 Å². The van der Waals surface area contributed by atoms with Crippen LogP contribution < -0.4 is 5.32 Å². The van der Waals surface area contributed by atoms with E-state index < -0.39 is 0 Å². The molecule has 0 radical (unpaired) electrons. The minimum Gasteiger partial charge on any atom is -0.462 e. The number of thiophene rings is 1. The molecule has 0 spiro atoms. The number of aromatic nitrogens is 1. The van der Waals surface area contributed by atoms with E-state index in [4.69, 9.17) is 4.74 Å². The van der Waals surface area contributed by atoms with E-state index >= 15 is 0 Å². The lowest BCUT2D eigenvalue weighted by Gasteiger charge is -2.09. The molecule has 1 amide bonds.